The fourth-order valence-corrected chi connectivity index (χ4v) is 2.68. The Morgan fingerprint density at radius 3 is 2.59 bits per heavy atom. The minimum Gasteiger partial charge on any atom is -0.399 e. The van der Waals surface area contributed by atoms with E-state index in [1.54, 1.807) is 6.07 Å². The summed E-state index contributed by atoms with van der Waals surface area (Å²) >= 11 is 0. The third kappa shape index (κ3) is 2.43. The van der Waals surface area contributed by atoms with Crippen LogP contribution in [0.2, 0.25) is 0 Å². The number of likely N-dealkylation sites (tertiary alicyclic amines) is 1. The van der Waals surface area contributed by atoms with Gasteiger partial charge in [-0.3, -0.25) is 4.79 Å². The second-order valence-corrected chi connectivity index (χ2v) is 5.28. The van der Waals surface area contributed by atoms with E-state index >= 15 is 0 Å². The van der Waals surface area contributed by atoms with Crippen molar-refractivity contribution in [2.75, 3.05) is 12.3 Å². The Balaban J connectivity index is 2.25. The summed E-state index contributed by atoms with van der Waals surface area (Å²) in [5.74, 6) is 0.702. The second kappa shape index (κ2) is 4.40. The molecular weight excluding hydrogens is 212 g/mol. The number of amides is 1. The van der Waals surface area contributed by atoms with E-state index in [1.165, 1.54) is 0 Å². The van der Waals surface area contributed by atoms with Crippen LogP contribution in [0.3, 0.4) is 0 Å². The Labute approximate surface area is 103 Å². The van der Waals surface area contributed by atoms with Crippen LogP contribution in [0, 0.1) is 12.8 Å². The van der Waals surface area contributed by atoms with Crippen molar-refractivity contribution in [3.8, 4) is 0 Å². The molecule has 2 atom stereocenters. The highest BCUT2D eigenvalue weighted by atomic mass is 16.2. The summed E-state index contributed by atoms with van der Waals surface area (Å²) in [5.41, 5.74) is 8.19. The predicted octanol–water partition coefficient (Wildman–Crippen LogP) is 2.45. The van der Waals surface area contributed by atoms with Gasteiger partial charge in [0.1, 0.15) is 0 Å². The average molecular weight is 232 g/mol. The molecule has 1 aliphatic rings. The number of carbonyl (C=O) groups excluding carboxylic acids is 1. The highest BCUT2D eigenvalue weighted by molar-refractivity contribution is 5.95. The number of hydrogen-bond donors (Lipinski definition) is 1. The van der Waals surface area contributed by atoms with Crippen LogP contribution in [-0.2, 0) is 0 Å². The zero-order valence-electron chi connectivity index (χ0n) is 10.7. The number of nitrogens with two attached hydrogens (primary N) is 1. The van der Waals surface area contributed by atoms with Crippen LogP contribution < -0.4 is 5.73 Å². The molecule has 92 valence electrons. The Kier molecular flexibility index (Phi) is 3.09. The molecule has 0 saturated carbocycles. The molecule has 2 rings (SSSR count). The molecule has 2 N–H and O–H groups in total. The van der Waals surface area contributed by atoms with E-state index in [4.69, 9.17) is 5.73 Å². The zero-order chi connectivity index (χ0) is 12.6. The highest BCUT2D eigenvalue weighted by Gasteiger charge is 2.30. The van der Waals surface area contributed by atoms with E-state index in [2.05, 4.69) is 13.8 Å². The molecule has 2 unspecified atom stereocenters. The third-order valence-electron chi connectivity index (χ3n) is 3.39. The first-order chi connectivity index (χ1) is 7.97. The maximum absolute atomic E-state index is 12.4. The van der Waals surface area contributed by atoms with Gasteiger partial charge in [-0.15, -0.1) is 0 Å². The van der Waals surface area contributed by atoms with E-state index in [0.717, 1.165) is 18.5 Å². The fourth-order valence-electron chi connectivity index (χ4n) is 2.68. The lowest BCUT2D eigenvalue weighted by atomic mass is 10.1. The molecule has 0 bridgehead atoms. The fraction of sp³-hybridized carbons (Fsp3) is 0.500. The van der Waals surface area contributed by atoms with Gasteiger partial charge < -0.3 is 10.6 Å². The van der Waals surface area contributed by atoms with Crippen molar-refractivity contribution >= 4 is 11.6 Å². The number of anilines is 1. The molecule has 17 heavy (non-hydrogen) atoms. The summed E-state index contributed by atoms with van der Waals surface area (Å²) in [7, 11) is 0. The van der Waals surface area contributed by atoms with Gasteiger partial charge in [-0.2, -0.15) is 0 Å². The van der Waals surface area contributed by atoms with E-state index in [1.807, 2.05) is 24.0 Å². The molecule has 1 heterocycles. The predicted molar refractivity (Wildman–Crippen MR) is 69.9 cm³/mol. The van der Waals surface area contributed by atoms with E-state index in [0.29, 0.717) is 23.2 Å². The lowest BCUT2D eigenvalue weighted by Gasteiger charge is -2.21. The van der Waals surface area contributed by atoms with Gasteiger partial charge in [-0.05, 0) is 49.9 Å². The minimum absolute atomic E-state index is 0.109. The summed E-state index contributed by atoms with van der Waals surface area (Å²) in [6.45, 7) is 7.12. The SMILES string of the molecule is Cc1cc(N)cc(C(=O)N2CC(C)CC2C)c1. The Bertz CT molecular complexity index is 422. The van der Waals surface area contributed by atoms with Crippen molar-refractivity contribution in [1.29, 1.82) is 0 Å². The zero-order valence-corrected chi connectivity index (χ0v) is 10.7. The summed E-state index contributed by atoms with van der Waals surface area (Å²) < 4.78 is 0. The molecule has 1 fully saturated rings. The Morgan fingerprint density at radius 2 is 2.06 bits per heavy atom. The first-order valence-electron chi connectivity index (χ1n) is 6.15. The van der Waals surface area contributed by atoms with Gasteiger partial charge in [-0.25, -0.2) is 0 Å². The van der Waals surface area contributed by atoms with Crippen LogP contribution in [-0.4, -0.2) is 23.4 Å². The van der Waals surface area contributed by atoms with Crippen molar-refractivity contribution in [3.63, 3.8) is 0 Å². The highest BCUT2D eigenvalue weighted by Crippen LogP contribution is 2.25. The van der Waals surface area contributed by atoms with Crippen LogP contribution in [0.4, 0.5) is 5.69 Å². The Hall–Kier alpha value is -1.51. The number of nitrogen functional groups attached to an aromatic ring is 1. The van der Waals surface area contributed by atoms with Crippen LogP contribution >= 0.6 is 0 Å². The van der Waals surface area contributed by atoms with Crippen molar-refractivity contribution in [1.82, 2.24) is 4.90 Å². The number of benzene rings is 1. The molecule has 1 aliphatic heterocycles. The maximum Gasteiger partial charge on any atom is 0.254 e. The molecule has 1 amide bonds. The molecule has 0 aromatic heterocycles. The van der Waals surface area contributed by atoms with E-state index in [-0.39, 0.29) is 5.91 Å². The van der Waals surface area contributed by atoms with Crippen LogP contribution in [0.25, 0.3) is 0 Å². The van der Waals surface area contributed by atoms with Crippen molar-refractivity contribution in [2.24, 2.45) is 5.92 Å². The molecule has 3 heteroatoms. The van der Waals surface area contributed by atoms with Gasteiger partial charge in [0, 0.05) is 23.8 Å². The summed E-state index contributed by atoms with van der Waals surface area (Å²) in [6, 6.07) is 5.89. The van der Waals surface area contributed by atoms with Gasteiger partial charge in [0.2, 0.25) is 0 Å². The van der Waals surface area contributed by atoms with Crippen LogP contribution in [0.1, 0.15) is 36.2 Å². The summed E-state index contributed by atoms with van der Waals surface area (Å²) in [5, 5.41) is 0. The first kappa shape index (κ1) is 12.0. The standard InChI is InChI=1S/C14H20N2O/c1-9-5-12(7-13(15)6-9)14(17)16-8-10(2)4-11(16)3/h5-7,10-11H,4,8,15H2,1-3H3. The molecule has 1 aromatic carbocycles. The minimum atomic E-state index is 0.109. The van der Waals surface area contributed by atoms with Crippen molar-refractivity contribution in [2.45, 2.75) is 33.2 Å². The number of hydrogen-bond acceptors (Lipinski definition) is 2. The normalized spacial score (nSPS) is 24.1. The molecule has 3 nitrogen and oxygen atoms in total. The van der Waals surface area contributed by atoms with Gasteiger partial charge in [0.05, 0.1) is 0 Å². The number of carbonyl (C=O) groups is 1. The number of aryl methyl sites for hydroxylation is 1. The van der Waals surface area contributed by atoms with Gasteiger partial charge in [0.15, 0.2) is 0 Å². The molecule has 1 aromatic rings. The second-order valence-electron chi connectivity index (χ2n) is 5.28. The third-order valence-corrected chi connectivity index (χ3v) is 3.39. The van der Waals surface area contributed by atoms with Crippen LogP contribution in [0.15, 0.2) is 18.2 Å². The topological polar surface area (TPSA) is 46.3 Å². The van der Waals surface area contributed by atoms with E-state index < -0.39 is 0 Å². The van der Waals surface area contributed by atoms with Crippen LogP contribution in [0.5, 0.6) is 0 Å². The molecule has 0 aliphatic carbocycles. The van der Waals surface area contributed by atoms with Crippen molar-refractivity contribution in [3.05, 3.63) is 29.3 Å². The Morgan fingerprint density at radius 1 is 1.35 bits per heavy atom. The first-order valence-corrected chi connectivity index (χ1v) is 6.15. The molecule has 0 radical (unpaired) electrons. The summed E-state index contributed by atoms with van der Waals surface area (Å²) in [4.78, 5) is 14.3. The quantitative estimate of drug-likeness (QED) is 0.756. The lowest BCUT2D eigenvalue weighted by Crippen LogP contribution is -2.34. The molecule has 0 spiro atoms. The van der Waals surface area contributed by atoms with Gasteiger partial charge >= 0.3 is 0 Å². The molecular formula is C14H20N2O. The van der Waals surface area contributed by atoms with Crippen molar-refractivity contribution < 1.29 is 4.79 Å². The molecule has 1 saturated heterocycles. The smallest absolute Gasteiger partial charge is 0.254 e. The maximum atomic E-state index is 12.4. The average Bonchev–Trinajstić information content (AvgIpc) is 2.55. The lowest BCUT2D eigenvalue weighted by molar-refractivity contribution is 0.0743. The monoisotopic (exact) mass is 232 g/mol. The number of rotatable bonds is 1. The van der Waals surface area contributed by atoms with Gasteiger partial charge in [0.25, 0.3) is 5.91 Å². The number of nitrogens with zero attached hydrogens (tertiary/aromatic N) is 1. The van der Waals surface area contributed by atoms with E-state index in [9.17, 15) is 4.79 Å². The largest absolute Gasteiger partial charge is 0.399 e. The van der Waals surface area contributed by atoms with Gasteiger partial charge in [-0.1, -0.05) is 6.92 Å². The summed E-state index contributed by atoms with van der Waals surface area (Å²) in [6.07, 6.45) is 1.09.